The van der Waals surface area contributed by atoms with Gasteiger partial charge in [-0.1, -0.05) is 33.1 Å². The predicted octanol–water partition coefficient (Wildman–Crippen LogP) is 4.04. The van der Waals surface area contributed by atoms with Crippen molar-refractivity contribution in [2.45, 2.75) is 71.6 Å². The van der Waals surface area contributed by atoms with Gasteiger partial charge in [0.05, 0.1) is 0 Å². The van der Waals surface area contributed by atoms with E-state index < -0.39 is 0 Å². The third kappa shape index (κ3) is 3.39. The van der Waals surface area contributed by atoms with Crippen LogP contribution >= 0.6 is 0 Å². The zero-order valence-corrected chi connectivity index (χ0v) is 12.9. The van der Waals surface area contributed by atoms with E-state index in [0.717, 1.165) is 19.4 Å². The van der Waals surface area contributed by atoms with Crippen molar-refractivity contribution in [2.24, 2.45) is 10.8 Å². The highest BCUT2D eigenvalue weighted by molar-refractivity contribution is 5.59. The molecule has 0 amide bonds. The van der Waals surface area contributed by atoms with Gasteiger partial charge in [0, 0.05) is 12.0 Å². The standard InChI is InChI=1S/C17H31NO/c1-3-16(4-2,15-19)14-18-12-10-17(11-13-18)8-6-5-7-9-17/h15H,3-14H2,1-2H3. The van der Waals surface area contributed by atoms with Crippen molar-refractivity contribution in [3.63, 3.8) is 0 Å². The maximum absolute atomic E-state index is 11.4. The number of carbonyl (C=O) groups excluding carboxylic acids is 1. The van der Waals surface area contributed by atoms with Crippen LogP contribution in [0, 0.1) is 10.8 Å². The van der Waals surface area contributed by atoms with E-state index in [-0.39, 0.29) is 5.41 Å². The first-order valence-corrected chi connectivity index (χ1v) is 8.36. The predicted molar refractivity (Wildman–Crippen MR) is 80.3 cm³/mol. The lowest BCUT2D eigenvalue weighted by Crippen LogP contribution is -2.46. The van der Waals surface area contributed by atoms with Crippen LogP contribution in [0.5, 0.6) is 0 Å². The molecular weight excluding hydrogens is 234 g/mol. The number of likely N-dealkylation sites (tertiary alicyclic amines) is 1. The van der Waals surface area contributed by atoms with Crippen LogP contribution in [0.4, 0.5) is 0 Å². The first kappa shape index (κ1) is 15.0. The van der Waals surface area contributed by atoms with Gasteiger partial charge in [0.25, 0.3) is 0 Å². The van der Waals surface area contributed by atoms with Crippen molar-refractivity contribution >= 4 is 6.29 Å². The van der Waals surface area contributed by atoms with Gasteiger partial charge >= 0.3 is 0 Å². The highest BCUT2D eigenvalue weighted by Crippen LogP contribution is 2.44. The number of aldehydes is 1. The Bertz CT molecular complexity index is 280. The third-order valence-electron chi connectivity index (χ3n) is 6.03. The van der Waals surface area contributed by atoms with Gasteiger partial charge in [-0.25, -0.2) is 0 Å². The summed E-state index contributed by atoms with van der Waals surface area (Å²) in [6, 6.07) is 0. The van der Waals surface area contributed by atoms with Gasteiger partial charge in [-0.05, 0) is 57.0 Å². The molecule has 0 aromatic rings. The van der Waals surface area contributed by atoms with E-state index in [9.17, 15) is 4.79 Å². The molecule has 0 atom stereocenters. The van der Waals surface area contributed by atoms with E-state index in [1.807, 2.05) is 0 Å². The summed E-state index contributed by atoms with van der Waals surface area (Å²) >= 11 is 0. The number of hydrogen-bond donors (Lipinski definition) is 0. The summed E-state index contributed by atoms with van der Waals surface area (Å²) in [4.78, 5) is 14.0. The molecule has 2 rings (SSSR count). The van der Waals surface area contributed by atoms with Gasteiger partial charge in [0.2, 0.25) is 0 Å². The summed E-state index contributed by atoms with van der Waals surface area (Å²) in [6.45, 7) is 7.74. The highest BCUT2D eigenvalue weighted by Gasteiger charge is 2.37. The minimum absolute atomic E-state index is 0.0862. The largest absolute Gasteiger partial charge is 0.303 e. The van der Waals surface area contributed by atoms with Crippen LogP contribution in [0.3, 0.4) is 0 Å². The fraction of sp³-hybridized carbons (Fsp3) is 0.941. The first-order chi connectivity index (χ1) is 9.17. The number of hydrogen-bond acceptors (Lipinski definition) is 2. The van der Waals surface area contributed by atoms with Crippen molar-refractivity contribution in [3.8, 4) is 0 Å². The topological polar surface area (TPSA) is 20.3 Å². The van der Waals surface area contributed by atoms with Crippen molar-refractivity contribution in [1.82, 2.24) is 4.90 Å². The lowest BCUT2D eigenvalue weighted by molar-refractivity contribution is -0.118. The molecule has 0 radical (unpaired) electrons. The molecule has 1 saturated carbocycles. The van der Waals surface area contributed by atoms with E-state index in [4.69, 9.17) is 0 Å². The smallest absolute Gasteiger partial charge is 0.127 e. The molecule has 110 valence electrons. The van der Waals surface area contributed by atoms with Gasteiger partial charge in [0.15, 0.2) is 0 Å². The zero-order valence-electron chi connectivity index (χ0n) is 12.9. The van der Waals surface area contributed by atoms with Gasteiger partial charge < -0.3 is 9.69 Å². The average Bonchev–Trinajstić information content (AvgIpc) is 2.48. The Morgan fingerprint density at radius 1 is 1.00 bits per heavy atom. The van der Waals surface area contributed by atoms with Crippen LogP contribution < -0.4 is 0 Å². The number of carbonyl (C=O) groups is 1. The normalized spacial score (nSPS) is 24.5. The Morgan fingerprint density at radius 2 is 1.58 bits per heavy atom. The molecule has 2 heteroatoms. The Labute approximate surface area is 118 Å². The summed E-state index contributed by atoms with van der Waals surface area (Å²) in [6.07, 6.45) is 13.2. The van der Waals surface area contributed by atoms with Gasteiger partial charge in [-0.2, -0.15) is 0 Å². The summed E-state index contributed by atoms with van der Waals surface area (Å²) in [5.41, 5.74) is 0.591. The molecule has 1 heterocycles. The molecule has 0 aromatic carbocycles. The van der Waals surface area contributed by atoms with Gasteiger partial charge in [0.1, 0.15) is 6.29 Å². The Balaban J connectivity index is 1.87. The lowest BCUT2D eigenvalue weighted by atomic mass is 9.68. The molecule has 0 unspecified atom stereocenters. The van der Waals surface area contributed by atoms with Crippen LogP contribution in [0.25, 0.3) is 0 Å². The molecule has 2 aliphatic rings. The van der Waals surface area contributed by atoms with E-state index in [2.05, 4.69) is 18.7 Å². The molecule has 0 bridgehead atoms. The van der Waals surface area contributed by atoms with Crippen molar-refractivity contribution in [2.75, 3.05) is 19.6 Å². The van der Waals surface area contributed by atoms with Crippen LogP contribution in [0.2, 0.25) is 0 Å². The summed E-state index contributed by atoms with van der Waals surface area (Å²) in [5.74, 6) is 0. The fourth-order valence-electron chi connectivity index (χ4n) is 4.11. The SMILES string of the molecule is CCC(C=O)(CC)CN1CCC2(CCCCC2)CC1. The molecule has 2 fully saturated rings. The van der Waals surface area contributed by atoms with Crippen molar-refractivity contribution in [3.05, 3.63) is 0 Å². The molecule has 1 spiro atoms. The lowest BCUT2D eigenvalue weighted by Gasteiger charge is -2.46. The van der Waals surface area contributed by atoms with Crippen LogP contribution in [0.1, 0.15) is 71.6 Å². The maximum atomic E-state index is 11.4. The van der Waals surface area contributed by atoms with E-state index >= 15 is 0 Å². The molecule has 0 N–H and O–H groups in total. The van der Waals surface area contributed by atoms with E-state index in [0.29, 0.717) is 5.41 Å². The second kappa shape index (κ2) is 6.39. The van der Waals surface area contributed by atoms with E-state index in [1.54, 1.807) is 0 Å². The summed E-state index contributed by atoms with van der Waals surface area (Å²) < 4.78 is 0. The first-order valence-electron chi connectivity index (χ1n) is 8.36. The van der Waals surface area contributed by atoms with Crippen LogP contribution in [-0.4, -0.2) is 30.8 Å². The molecule has 2 nitrogen and oxygen atoms in total. The van der Waals surface area contributed by atoms with Crippen molar-refractivity contribution in [1.29, 1.82) is 0 Å². The Kier molecular flexibility index (Phi) is 5.05. The minimum atomic E-state index is -0.0862. The second-order valence-corrected chi connectivity index (χ2v) is 7.02. The van der Waals surface area contributed by atoms with Crippen LogP contribution in [-0.2, 0) is 4.79 Å². The quantitative estimate of drug-likeness (QED) is 0.699. The molecule has 0 aromatic heterocycles. The monoisotopic (exact) mass is 265 g/mol. The van der Waals surface area contributed by atoms with Crippen LogP contribution in [0.15, 0.2) is 0 Å². The van der Waals surface area contributed by atoms with Gasteiger partial charge in [-0.15, -0.1) is 0 Å². The average molecular weight is 265 g/mol. The zero-order chi connectivity index (χ0) is 13.8. The van der Waals surface area contributed by atoms with Crippen molar-refractivity contribution < 1.29 is 4.79 Å². The molecule has 19 heavy (non-hydrogen) atoms. The molecule has 1 aliphatic carbocycles. The highest BCUT2D eigenvalue weighted by atomic mass is 16.1. The number of rotatable bonds is 5. The Hall–Kier alpha value is -0.370. The summed E-state index contributed by atoms with van der Waals surface area (Å²) in [5, 5.41) is 0. The minimum Gasteiger partial charge on any atom is -0.303 e. The van der Waals surface area contributed by atoms with Gasteiger partial charge in [-0.3, -0.25) is 0 Å². The Morgan fingerprint density at radius 3 is 2.05 bits per heavy atom. The number of nitrogens with zero attached hydrogens (tertiary/aromatic N) is 1. The third-order valence-corrected chi connectivity index (χ3v) is 6.03. The summed E-state index contributed by atoms with van der Waals surface area (Å²) in [7, 11) is 0. The van der Waals surface area contributed by atoms with E-state index in [1.165, 1.54) is 64.3 Å². The maximum Gasteiger partial charge on any atom is 0.127 e. The number of piperidine rings is 1. The molecule has 1 aliphatic heterocycles. The molecule has 1 saturated heterocycles. The second-order valence-electron chi connectivity index (χ2n) is 7.02. The fourth-order valence-corrected chi connectivity index (χ4v) is 4.11. The molecular formula is C17H31NO.